The van der Waals surface area contributed by atoms with E-state index in [0.717, 1.165) is 33.4 Å². The first kappa shape index (κ1) is 83.7. The van der Waals surface area contributed by atoms with Gasteiger partial charge in [-0.15, -0.1) is 0 Å². The highest BCUT2D eigenvalue weighted by molar-refractivity contribution is 7.90. The molecular weight excluding hydrogens is 1310 g/mol. The summed E-state index contributed by atoms with van der Waals surface area (Å²) in [6.07, 6.45) is 0.548. The Morgan fingerprint density at radius 1 is 0.531 bits per heavy atom. The average molecular weight is 1430 g/mol. The van der Waals surface area contributed by atoms with Crippen LogP contribution in [0.1, 0.15) is 236 Å². The molecule has 3 aromatic carbocycles. The van der Waals surface area contributed by atoms with Crippen LogP contribution in [0.25, 0.3) is 0 Å². The van der Waals surface area contributed by atoms with Crippen molar-refractivity contribution < 1.29 is 60.1 Å². The van der Waals surface area contributed by atoms with Crippen LogP contribution in [0.15, 0.2) is 48.9 Å². The first-order chi connectivity index (χ1) is 45.1. The molecule has 0 aliphatic carbocycles. The first-order valence-electron chi connectivity index (χ1n) is 34.1. The Kier molecular flexibility index (Phi) is 30.3. The quantitative estimate of drug-likeness (QED) is 0.0247. The number of amides is 4. The van der Waals surface area contributed by atoms with Gasteiger partial charge in [0.25, 0.3) is 10.0 Å². The summed E-state index contributed by atoms with van der Waals surface area (Å²) in [7, 11) is -12.5. The van der Waals surface area contributed by atoms with E-state index < -0.39 is 65.8 Å². The molecule has 2 fully saturated rings. The predicted octanol–water partition coefficient (Wildman–Crippen LogP) is 9.66. The number of ether oxygens (including phenoxy) is 3. The van der Waals surface area contributed by atoms with Gasteiger partial charge in [-0.05, 0) is 160 Å². The number of carbonyl (C=O) groups excluding carboxylic acids is 4. The lowest BCUT2D eigenvalue weighted by Gasteiger charge is -2.36. The molecule has 25 nitrogen and oxygen atoms in total. The molecule has 0 unspecified atom stereocenters. The summed E-state index contributed by atoms with van der Waals surface area (Å²) in [6, 6.07) is 5.65. The van der Waals surface area contributed by atoms with E-state index in [-0.39, 0.29) is 162 Å². The molecule has 98 heavy (non-hydrogen) atoms. The number of benzene rings is 3. The van der Waals surface area contributed by atoms with Crippen LogP contribution in [0, 0.1) is 20.8 Å². The number of sulfonamides is 3. The molecule has 0 spiro atoms. The smallest absolute Gasteiger partial charge is 0.409 e. The van der Waals surface area contributed by atoms with Crippen molar-refractivity contribution >= 4 is 66.0 Å². The number of aliphatic imine (C=N–C) groups is 2. The van der Waals surface area contributed by atoms with Crippen molar-refractivity contribution in [2.24, 2.45) is 27.2 Å². The molecule has 3 aliphatic heterocycles. The van der Waals surface area contributed by atoms with Gasteiger partial charge in [0.1, 0.15) is 23.4 Å². The van der Waals surface area contributed by atoms with Crippen LogP contribution < -0.4 is 36.1 Å². The minimum Gasteiger partial charge on any atom is -0.487 e. The van der Waals surface area contributed by atoms with Crippen molar-refractivity contribution in [2.45, 2.75) is 239 Å². The van der Waals surface area contributed by atoms with E-state index in [4.69, 9.17) is 31.4 Å². The van der Waals surface area contributed by atoms with Crippen molar-refractivity contribution in [3.05, 3.63) is 79.9 Å². The molecule has 2 saturated heterocycles. The van der Waals surface area contributed by atoms with Crippen LogP contribution in [0.5, 0.6) is 5.75 Å². The van der Waals surface area contributed by atoms with Gasteiger partial charge in [-0.1, -0.05) is 115 Å². The van der Waals surface area contributed by atoms with Gasteiger partial charge >= 0.3 is 12.2 Å². The van der Waals surface area contributed by atoms with Gasteiger partial charge in [0.05, 0.1) is 27.9 Å². The summed E-state index contributed by atoms with van der Waals surface area (Å²) in [5.74, 6) is -0.361. The minimum absolute atomic E-state index is 0. The number of fused-ring (bicyclic) bond motifs is 1. The van der Waals surface area contributed by atoms with Crippen molar-refractivity contribution in [2.75, 3.05) is 78.7 Å². The van der Waals surface area contributed by atoms with E-state index in [1.807, 2.05) is 100 Å². The summed E-state index contributed by atoms with van der Waals surface area (Å²) in [5, 5.41) is 0. The maximum absolute atomic E-state index is 14.5. The van der Waals surface area contributed by atoms with Gasteiger partial charge in [0.2, 0.25) is 37.8 Å². The van der Waals surface area contributed by atoms with Crippen molar-refractivity contribution in [1.82, 2.24) is 33.8 Å². The number of piperazine rings is 2. The second kappa shape index (κ2) is 35.5. The number of carbonyl (C=O) groups is 4. The number of hydrogen-bond donors (Lipinski definition) is 6. The molecule has 6 rings (SSSR count). The summed E-state index contributed by atoms with van der Waals surface area (Å²) in [6.45, 7) is 39.6. The summed E-state index contributed by atoms with van der Waals surface area (Å²) < 4.78 is 109. The molecule has 0 saturated carbocycles. The van der Waals surface area contributed by atoms with Crippen molar-refractivity contribution in [3.63, 3.8) is 0 Å². The Morgan fingerprint density at radius 3 is 1.20 bits per heavy atom. The molecule has 4 amide bonds. The standard InChI is InChI=1S/C41H64N6O8S2.C28H48N6O5S.CH4.H2/c1-13-54-40(49)47-19-17-46(18-20-47)38(48)34(44-57(52,53)37-31(25(4)5)21-30(24(2)3)22-32(37)26(6)7)15-14-16-43-39(42)45-56(50,51)36-28(9)27(8)35-33(29(36)10)23-41(11,12)55-35;1-8-39-28(36)34-14-12-33(13-15-34)26(35)24(10-9-11-31-27(29)30)32-40(37,38)25-22(19(4)5)16-21(18(2)3)17-23(25)20(6)7;;/h21-22,24-26,34,44H,13-20,23H2,1-12H3,(H3,42,43,45);16-20,24,32H,8-15H2,1-7H3,(H4,29,30,31);1H4;1H/t34-;24-;;/m00../s1. The molecule has 9 N–H and O–H groups in total. The molecule has 0 radical (unpaired) electrons. The maximum atomic E-state index is 14.5. The third kappa shape index (κ3) is 21.4. The van der Waals surface area contributed by atoms with Gasteiger partial charge < -0.3 is 51.0 Å². The molecular formula is C70H118N12O13S3. The molecule has 0 aromatic heterocycles. The zero-order chi connectivity index (χ0) is 73.0. The number of nitrogens with zero attached hydrogens (tertiary/aromatic N) is 6. The molecule has 28 heteroatoms. The summed E-state index contributed by atoms with van der Waals surface area (Å²) in [5.41, 5.74) is 24.3. The number of guanidine groups is 2. The van der Waals surface area contributed by atoms with Gasteiger partial charge in [0.15, 0.2) is 5.96 Å². The zero-order valence-corrected chi connectivity index (χ0v) is 63.3. The Bertz CT molecular complexity index is 3650. The van der Waals surface area contributed by atoms with E-state index in [9.17, 15) is 44.4 Å². The Balaban J connectivity index is 0.000000536. The number of hydrogen-bond acceptors (Lipinski definition) is 15. The lowest BCUT2D eigenvalue weighted by atomic mass is 9.89. The Labute approximate surface area is 587 Å². The second-order valence-corrected chi connectivity index (χ2v) is 32.8. The molecule has 3 heterocycles. The fourth-order valence-corrected chi connectivity index (χ4v) is 17.7. The van der Waals surface area contributed by atoms with Gasteiger partial charge in [-0.3, -0.25) is 19.6 Å². The lowest BCUT2D eigenvalue weighted by Crippen LogP contribution is -2.56. The minimum atomic E-state index is -4.24. The lowest BCUT2D eigenvalue weighted by molar-refractivity contribution is -0.135. The fourth-order valence-electron chi connectivity index (χ4n) is 12.3. The van der Waals surface area contributed by atoms with Crippen LogP contribution in [0.2, 0.25) is 0 Å². The SMILES string of the molecule is C.CCOC(=O)N1CCN(C(=O)[C@H](CCCN=C(N)N)NS(=O)(=O)c2c(C(C)C)cc(C(C)C)cc2C(C)C)CC1.CCOC(=O)N1CCN(C(=O)[C@H](CCCN=C(N)NS(=O)(=O)c2c(C)c(C)c3c(c2C)CC(C)(C)O3)NS(=O)(=O)c2c(C(C)C)cc(C(C)C)cc2C(C)C)CC1.[HH]. The molecule has 554 valence electrons. The predicted molar refractivity (Wildman–Crippen MR) is 390 cm³/mol. The van der Waals surface area contributed by atoms with Crippen LogP contribution in [-0.2, 0) is 55.6 Å². The Morgan fingerprint density at radius 2 is 0.878 bits per heavy atom. The van der Waals surface area contributed by atoms with E-state index in [0.29, 0.717) is 53.9 Å². The van der Waals surface area contributed by atoms with Crippen LogP contribution in [0.3, 0.4) is 0 Å². The zero-order valence-electron chi connectivity index (χ0n) is 60.9. The highest BCUT2D eigenvalue weighted by Crippen LogP contribution is 2.44. The van der Waals surface area contributed by atoms with Crippen LogP contribution >= 0.6 is 0 Å². The fraction of sp³-hybridized carbons (Fsp3) is 0.657. The largest absolute Gasteiger partial charge is 0.487 e. The summed E-state index contributed by atoms with van der Waals surface area (Å²) in [4.78, 5) is 67.4. The topological polar surface area (TPSA) is 350 Å². The molecule has 3 aliphatic rings. The number of nitrogens with one attached hydrogen (secondary N) is 3. The Hall–Kier alpha value is -6.75. The second-order valence-electron chi connectivity index (χ2n) is 27.9. The van der Waals surface area contributed by atoms with Gasteiger partial charge in [-0.2, -0.15) is 9.44 Å². The molecule has 3 aromatic rings. The maximum Gasteiger partial charge on any atom is 0.409 e. The molecule has 2 atom stereocenters. The monoisotopic (exact) mass is 1430 g/mol. The highest BCUT2D eigenvalue weighted by atomic mass is 32.2. The normalized spacial score (nSPS) is 15.8. The van der Waals surface area contributed by atoms with Crippen LogP contribution in [-0.4, -0.2) is 177 Å². The van der Waals surface area contributed by atoms with E-state index in [2.05, 4.69) is 51.8 Å². The van der Waals surface area contributed by atoms with Crippen molar-refractivity contribution in [3.8, 4) is 5.75 Å². The highest BCUT2D eigenvalue weighted by Gasteiger charge is 2.40. The van der Waals surface area contributed by atoms with Gasteiger partial charge in [-0.25, -0.2) is 39.6 Å². The van der Waals surface area contributed by atoms with Crippen LogP contribution in [0.4, 0.5) is 9.59 Å². The van der Waals surface area contributed by atoms with Gasteiger partial charge in [0, 0.05) is 78.9 Å². The summed E-state index contributed by atoms with van der Waals surface area (Å²) >= 11 is 0. The van der Waals surface area contributed by atoms with E-state index in [1.165, 1.54) is 4.90 Å². The molecule has 0 bridgehead atoms. The average Bonchev–Trinajstić information content (AvgIpc) is 1.71. The van der Waals surface area contributed by atoms with E-state index >= 15 is 0 Å². The third-order valence-electron chi connectivity index (χ3n) is 17.8. The number of rotatable bonds is 26. The number of nitrogens with two attached hydrogens (primary N) is 3. The van der Waals surface area contributed by atoms with Crippen molar-refractivity contribution in [1.29, 1.82) is 0 Å². The van der Waals surface area contributed by atoms with E-state index in [1.54, 1.807) is 42.4 Å². The first-order valence-corrected chi connectivity index (χ1v) is 38.6. The third-order valence-corrected chi connectivity index (χ3v) is 22.6.